The van der Waals surface area contributed by atoms with E-state index in [2.05, 4.69) is 5.32 Å². The number of carbonyl (C=O) groups excluding carboxylic acids is 3. The van der Waals surface area contributed by atoms with Crippen molar-refractivity contribution in [3.63, 3.8) is 0 Å². The summed E-state index contributed by atoms with van der Waals surface area (Å²) in [5.41, 5.74) is 1.26. The quantitative estimate of drug-likeness (QED) is 0.235. The summed E-state index contributed by atoms with van der Waals surface area (Å²) in [7, 11) is 0. The minimum atomic E-state index is -0.675. The number of halogens is 1. The highest BCUT2D eigenvalue weighted by atomic mass is 35.5. The number of hydrogen-bond acceptors (Lipinski definition) is 7. The van der Waals surface area contributed by atoms with Crippen LogP contribution in [-0.4, -0.2) is 33.4 Å². The third-order valence-corrected chi connectivity index (χ3v) is 6.27. The lowest BCUT2D eigenvalue weighted by molar-refractivity contribution is -0.386. The van der Waals surface area contributed by atoms with Crippen LogP contribution in [0.25, 0.3) is 6.08 Å². The maximum atomic E-state index is 12.8. The van der Waals surface area contributed by atoms with E-state index < -0.39 is 28.5 Å². The van der Waals surface area contributed by atoms with Gasteiger partial charge in [0.2, 0.25) is 5.91 Å². The van der Waals surface area contributed by atoms with Crippen LogP contribution in [-0.2, 0) is 16.2 Å². The van der Waals surface area contributed by atoms with Gasteiger partial charge in [0.1, 0.15) is 13.2 Å². The molecule has 0 saturated carbocycles. The summed E-state index contributed by atoms with van der Waals surface area (Å²) in [5.74, 6) is -1.20. The molecule has 3 aromatic carbocycles. The molecular formula is C25H18ClN3O6S. The molecular weight excluding hydrogens is 506 g/mol. The van der Waals surface area contributed by atoms with E-state index in [0.717, 1.165) is 10.5 Å². The van der Waals surface area contributed by atoms with Gasteiger partial charge in [-0.15, -0.1) is 0 Å². The van der Waals surface area contributed by atoms with Crippen LogP contribution >= 0.6 is 23.4 Å². The molecule has 9 nitrogen and oxygen atoms in total. The summed E-state index contributed by atoms with van der Waals surface area (Å²) in [4.78, 5) is 49.4. The highest BCUT2D eigenvalue weighted by Crippen LogP contribution is 2.35. The maximum absolute atomic E-state index is 12.8. The van der Waals surface area contributed by atoms with Crippen molar-refractivity contribution in [1.29, 1.82) is 0 Å². The Hall–Kier alpha value is -4.15. The molecule has 1 aliphatic heterocycles. The van der Waals surface area contributed by atoms with Crippen molar-refractivity contribution in [3.8, 4) is 5.75 Å². The van der Waals surface area contributed by atoms with E-state index in [1.807, 2.05) is 30.3 Å². The zero-order valence-electron chi connectivity index (χ0n) is 18.5. The van der Waals surface area contributed by atoms with Gasteiger partial charge in [0, 0.05) is 6.07 Å². The molecule has 0 aromatic heterocycles. The fourth-order valence-corrected chi connectivity index (χ4v) is 4.33. The SMILES string of the molecule is O=C(CN1C(=O)S/C(=C/c2ccc(OCc3ccccc3)c([N+](=O)[O-])c2)C1=O)Nc1ccccc1Cl. The molecule has 0 spiro atoms. The molecule has 3 amide bonds. The average molecular weight is 524 g/mol. The lowest BCUT2D eigenvalue weighted by atomic mass is 10.1. The van der Waals surface area contributed by atoms with Crippen LogP contribution < -0.4 is 10.1 Å². The molecule has 1 saturated heterocycles. The predicted molar refractivity (Wildman–Crippen MR) is 137 cm³/mol. The van der Waals surface area contributed by atoms with E-state index in [0.29, 0.717) is 28.0 Å². The van der Waals surface area contributed by atoms with Gasteiger partial charge in [0.05, 0.1) is 20.5 Å². The third kappa shape index (κ3) is 5.91. The fourth-order valence-electron chi connectivity index (χ4n) is 3.31. The summed E-state index contributed by atoms with van der Waals surface area (Å²) in [5, 5.41) is 13.9. The Labute approximate surface area is 214 Å². The molecule has 182 valence electrons. The summed E-state index contributed by atoms with van der Waals surface area (Å²) in [6.07, 6.45) is 1.37. The summed E-state index contributed by atoms with van der Waals surface area (Å²) >= 11 is 6.67. The number of amides is 3. The molecule has 11 heteroatoms. The van der Waals surface area contributed by atoms with Gasteiger partial charge in [-0.2, -0.15) is 0 Å². The minimum Gasteiger partial charge on any atom is -0.482 e. The number of imide groups is 1. The zero-order valence-corrected chi connectivity index (χ0v) is 20.1. The number of para-hydroxylation sites is 1. The minimum absolute atomic E-state index is 0.0396. The van der Waals surface area contributed by atoms with E-state index in [-0.39, 0.29) is 22.9 Å². The van der Waals surface area contributed by atoms with Gasteiger partial charge in [-0.1, -0.05) is 60.1 Å². The van der Waals surface area contributed by atoms with E-state index in [9.17, 15) is 24.5 Å². The van der Waals surface area contributed by atoms with Crippen LogP contribution in [0.5, 0.6) is 5.75 Å². The van der Waals surface area contributed by atoms with Crippen LogP contribution in [0.15, 0.2) is 77.7 Å². The second-order valence-corrected chi connectivity index (χ2v) is 8.95. The van der Waals surface area contributed by atoms with Gasteiger partial charge in [-0.05, 0) is 47.2 Å². The third-order valence-electron chi connectivity index (χ3n) is 5.04. The molecule has 3 aromatic rings. The number of thioether (sulfide) groups is 1. The number of hydrogen-bond donors (Lipinski definition) is 1. The van der Waals surface area contributed by atoms with Crippen LogP contribution in [0.2, 0.25) is 5.02 Å². The number of anilines is 1. The molecule has 0 radical (unpaired) electrons. The zero-order chi connectivity index (χ0) is 25.7. The van der Waals surface area contributed by atoms with E-state index in [4.69, 9.17) is 16.3 Å². The Balaban J connectivity index is 1.47. The Morgan fingerprint density at radius 2 is 1.81 bits per heavy atom. The smallest absolute Gasteiger partial charge is 0.311 e. The van der Waals surface area contributed by atoms with Crippen LogP contribution in [0, 0.1) is 10.1 Å². The number of benzene rings is 3. The number of carbonyl (C=O) groups is 3. The van der Waals surface area contributed by atoms with Crippen molar-refractivity contribution in [2.45, 2.75) is 6.61 Å². The first kappa shape index (κ1) is 25.0. The van der Waals surface area contributed by atoms with Gasteiger partial charge in [0.15, 0.2) is 5.75 Å². The average Bonchev–Trinajstić information content (AvgIpc) is 3.12. The Morgan fingerprint density at radius 1 is 1.08 bits per heavy atom. The number of nitrogens with one attached hydrogen (secondary N) is 1. The van der Waals surface area contributed by atoms with Gasteiger partial charge >= 0.3 is 5.69 Å². The Morgan fingerprint density at radius 3 is 2.53 bits per heavy atom. The summed E-state index contributed by atoms with van der Waals surface area (Å²) < 4.78 is 5.61. The summed E-state index contributed by atoms with van der Waals surface area (Å²) in [6.45, 7) is -0.351. The highest BCUT2D eigenvalue weighted by molar-refractivity contribution is 8.18. The first-order valence-corrected chi connectivity index (χ1v) is 11.8. The molecule has 1 N–H and O–H groups in total. The molecule has 1 aliphatic rings. The molecule has 1 heterocycles. The van der Waals surface area contributed by atoms with Crippen molar-refractivity contribution in [3.05, 3.63) is 104 Å². The first-order chi connectivity index (χ1) is 17.3. The Kier molecular flexibility index (Phi) is 7.67. The summed E-state index contributed by atoms with van der Waals surface area (Å²) in [6, 6.07) is 20.0. The predicted octanol–water partition coefficient (Wildman–Crippen LogP) is 5.50. The van der Waals surface area contributed by atoms with E-state index in [1.54, 1.807) is 30.3 Å². The van der Waals surface area contributed by atoms with Gasteiger partial charge in [-0.25, -0.2) is 0 Å². The second kappa shape index (κ2) is 11.1. The highest BCUT2D eigenvalue weighted by Gasteiger charge is 2.36. The second-order valence-electron chi connectivity index (χ2n) is 7.55. The van der Waals surface area contributed by atoms with Crippen molar-refractivity contribution in [2.75, 3.05) is 11.9 Å². The molecule has 4 rings (SSSR count). The van der Waals surface area contributed by atoms with Crippen molar-refractivity contribution >= 4 is 57.9 Å². The first-order valence-electron chi connectivity index (χ1n) is 10.6. The largest absolute Gasteiger partial charge is 0.482 e. The number of nitrogens with zero attached hydrogens (tertiary/aromatic N) is 2. The molecule has 0 bridgehead atoms. The van der Waals surface area contributed by atoms with Gasteiger partial charge < -0.3 is 10.1 Å². The van der Waals surface area contributed by atoms with E-state index in [1.165, 1.54) is 18.2 Å². The standard InChI is InChI=1S/C25H18ClN3O6S/c26-18-8-4-5-9-19(18)27-23(30)14-28-24(31)22(36-25(28)32)13-17-10-11-21(20(12-17)29(33)34)35-15-16-6-2-1-3-7-16/h1-13H,14-15H2,(H,27,30)/b22-13+. The molecule has 0 unspecified atom stereocenters. The molecule has 1 fully saturated rings. The van der Waals surface area contributed by atoms with Crippen LogP contribution in [0.1, 0.15) is 11.1 Å². The Bertz CT molecular complexity index is 1380. The fraction of sp³-hybridized carbons (Fsp3) is 0.0800. The normalized spacial score (nSPS) is 14.2. The van der Waals surface area contributed by atoms with Crippen LogP contribution in [0.3, 0.4) is 0 Å². The topological polar surface area (TPSA) is 119 Å². The van der Waals surface area contributed by atoms with Crippen molar-refractivity contribution < 1.29 is 24.0 Å². The van der Waals surface area contributed by atoms with Gasteiger partial charge in [0.25, 0.3) is 11.1 Å². The number of nitro groups is 1. The number of nitro benzene ring substituents is 1. The lowest BCUT2D eigenvalue weighted by Crippen LogP contribution is -2.36. The van der Waals surface area contributed by atoms with Crippen molar-refractivity contribution in [1.82, 2.24) is 4.90 Å². The van der Waals surface area contributed by atoms with Gasteiger partial charge in [-0.3, -0.25) is 29.4 Å². The molecule has 0 aliphatic carbocycles. The maximum Gasteiger partial charge on any atom is 0.311 e. The number of rotatable bonds is 8. The molecule has 36 heavy (non-hydrogen) atoms. The van der Waals surface area contributed by atoms with E-state index >= 15 is 0 Å². The lowest BCUT2D eigenvalue weighted by Gasteiger charge is -2.13. The van der Waals surface area contributed by atoms with Crippen molar-refractivity contribution in [2.24, 2.45) is 0 Å². The monoisotopic (exact) mass is 523 g/mol. The molecule has 0 atom stereocenters. The van der Waals surface area contributed by atoms with Crippen LogP contribution in [0.4, 0.5) is 16.2 Å². The number of ether oxygens (including phenoxy) is 1.